The second-order valence-corrected chi connectivity index (χ2v) is 7.55. The van der Waals surface area contributed by atoms with Crippen LogP contribution >= 0.6 is 11.8 Å². The number of carbonyl (C=O) groups is 1. The molecule has 1 aromatic carbocycles. The van der Waals surface area contributed by atoms with E-state index in [1.807, 2.05) is 0 Å². The van der Waals surface area contributed by atoms with Gasteiger partial charge in [-0.25, -0.2) is 9.50 Å². The predicted octanol–water partition coefficient (Wildman–Crippen LogP) is 4.63. The highest BCUT2D eigenvalue weighted by Crippen LogP contribution is 2.38. The first-order valence-electron chi connectivity index (χ1n) is 9.13. The molecule has 0 bridgehead atoms. The molecule has 0 aliphatic heterocycles. The van der Waals surface area contributed by atoms with Crippen molar-refractivity contribution in [3.8, 4) is 17.0 Å². The van der Waals surface area contributed by atoms with Crippen LogP contribution < -0.4 is 10.1 Å². The Hall–Kier alpha value is -3.68. The van der Waals surface area contributed by atoms with Crippen molar-refractivity contribution >= 4 is 29.0 Å². The first-order valence-corrected chi connectivity index (χ1v) is 10.1. The number of thioether (sulfide) groups is 1. The molecule has 33 heavy (non-hydrogen) atoms. The van der Waals surface area contributed by atoms with Crippen LogP contribution in [0.15, 0.2) is 53.9 Å². The molecule has 14 heteroatoms. The Bertz CT molecular complexity index is 1290. The van der Waals surface area contributed by atoms with Gasteiger partial charge in [-0.1, -0.05) is 0 Å². The zero-order valence-corrected chi connectivity index (χ0v) is 17.1. The Balaban J connectivity index is 1.66. The summed E-state index contributed by atoms with van der Waals surface area (Å²) in [5.41, 5.74) is 0.576. The van der Waals surface area contributed by atoms with Crippen LogP contribution in [0.5, 0.6) is 5.75 Å². The van der Waals surface area contributed by atoms with Crippen LogP contribution in [0.3, 0.4) is 0 Å². The molecule has 2 N–H and O–H groups in total. The first kappa shape index (κ1) is 22.5. The fourth-order valence-corrected chi connectivity index (χ4v) is 3.62. The molecule has 3 heterocycles. The lowest BCUT2D eigenvalue weighted by molar-refractivity contribution is -0.105. The van der Waals surface area contributed by atoms with E-state index in [-0.39, 0.29) is 38.8 Å². The molecule has 172 valence electrons. The highest BCUT2D eigenvalue weighted by molar-refractivity contribution is 7.99. The molecule has 0 aliphatic rings. The Kier molecular flexibility index (Phi) is 6.18. The van der Waals surface area contributed by atoms with Gasteiger partial charge < -0.3 is 10.1 Å². The molecule has 0 radical (unpaired) electrons. The zero-order valence-electron chi connectivity index (χ0n) is 16.3. The van der Waals surface area contributed by atoms with E-state index >= 15 is 0 Å². The molecule has 0 saturated carbocycles. The molecule has 0 atom stereocenters. The van der Waals surface area contributed by atoms with Crippen LogP contribution in [0, 0.1) is 0 Å². The minimum absolute atomic E-state index is 0.00624. The van der Waals surface area contributed by atoms with E-state index in [1.165, 1.54) is 35.2 Å². The van der Waals surface area contributed by atoms with E-state index in [4.69, 9.17) is 0 Å². The number of carbonyl (C=O) groups excluding carboxylic acids is 1. The Morgan fingerprint density at radius 1 is 1.27 bits per heavy atom. The van der Waals surface area contributed by atoms with Crippen molar-refractivity contribution in [3.63, 3.8) is 0 Å². The molecule has 8 nitrogen and oxygen atoms in total. The minimum Gasteiger partial charge on any atom is -0.434 e. The lowest BCUT2D eigenvalue weighted by Crippen LogP contribution is -2.12. The number of amides is 1. The number of aromatic nitrogens is 5. The number of anilines is 1. The first-order chi connectivity index (χ1) is 15.7. The molecule has 4 aromatic rings. The second-order valence-electron chi connectivity index (χ2n) is 6.50. The summed E-state index contributed by atoms with van der Waals surface area (Å²) in [6.45, 7) is -3.18. The van der Waals surface area contributed by atoms with Gasteiger partial charge in [-0.3, -0.25) is 9.89 Å². The van der Waals surface area contributed by atoms with Gasteiger partial charge in [0.2, 0.25) is 0 Å². The van der Waals surface area contributed by atoms with Crippen molar-refractivity contribution in [2.45, 2.75) is 17.7 Å². The number of rotatable bonds is 7. The Morgan fingerprint density at radius 3 is 2.85 bits per heavy atom. The summed E-state index contributed by atoms with van der Waals surface area (Å²) < 4.78 is 69.5. The normalized spacial score (nSPS) is 11.8. The maximum atomic E-state index is 12.9. The van der Waals surface area contributed by atoms with Gasteiger partial charge in [0.15, 0.2) is 5.65 Å². The van der Waals surface area contributed by atoms with Crippen molar-refractivity contribution in [2.24, 2.45) is 0 Å². The smallest absolute Gasteiger partial charge is 0.398 e. The monoisotopic (exact) mass is 484 g/mol. The number of H-pyrrole nitrogens is 1. The van der Waals surface area contributed by atoms with Gasteiger partial charge in [0.05, 0.1) is 29.5 Å². The maximum Gasteiger partial charge on any atom is 0.398 e. The molecule has 4 rings (SSSR count). The number of nitrogens with zero attached hydrogens (tertiary/aromatic N) is 4. The van der Waals surface area contributed by atoms with Crippen LogP contribution in [0.4, 0.5) is 27.6 Å². The van der Waals surface area contributed by atoms with E-state index in [2.05, 4.69) is 30.3 Å². The average molecular weight is 484 g/mol. The molecule has 0 spiro atoms. The standard InChI is InChI=1S/C19H13F5N6O2S/c20-18(21)32-14-3-2-10(33-9-19(22,23)24)6-11(14)15-13(8-26-29-15)28-17(31)12-7-27-30-5-1-4-25-16(12)30/h1-8,18H,9H2,(H,26,29)(H,28,31). The predicted molar refractivity (Wildman–Crippen MR) is 108 cm³/mol. The third-order valence-corrected chi connectivity index (χ3v) is 5.31. The van der Waals surface area contributed by atoms with Crippen molar-refractivity contribution in [3.05, 3.63) is 54.6 Å². The van der Waals surface area contributed by atoms with Crippen molar-refractivity contribution in [2.75, 3.05) is 11.1 Å². The summed E-state index contributed by atoms with van der Waals surface area (Å²) >= 11 is 0.477. The number of halogens is 5. The van der Waals surface area contributed by atoms with Crippen LogP contribution in [0.1, 0.15) is 10.4 Å². The third kappa shape index (κ3) is 5.22. The summed E-state index contributed by atoms with van der Waals surface area (Å²) in [7, 11) is 0. The van der Waals surface area contributed by atoms with Crippen molar-refractivity contribution in [1.29, 1.82) is 0 Å². The highest BCUT2D eigenvalue weighted by atomic mass is 32.2. The number of ether oxygens (including phenoxy) is 1. The number of hydrogen-bond donors (Lipinski definition) is 2. The molecule has 3 aromatic heterocycles. The molecule has 0 aliphatic carbocycles. The number of aromatic amines is 1. The molecule has 0 unspecified atom stereocenters. The van der Waals surface area contributed by atoms with Crippen molar-refractivity contribution in [1.82, 2.24) is 24.8 Å². The van der Waals surface area contributed by atoms with Gasteiger partial charge in [-0.2, -0.15) is 32.1 Å². The fraction of sp³-hybridized carbons (Fsp3) is 0.158. The van der Waals surface area contributed by atoms with E-state index in [0.29, 0.717) is 11.8 Å². The molecular formula is C19H13F5N6O2S. The van der Waals surface area contributed by atoms with Crippen LogP contribution in [-0.2, 0) is 0 Å². The lowest BCUT2D eigenvalue weighted by Gasteiger charge is -2.13. The minimum atomic E-state index is -4.42. The van der Waals surface area contributed by atoms with Gasteiger partial charge in [0.25, 0.3) is 5.91 Å². The Morgan fingerprint density at radius 2 is 2.09 bits per heavy atom. The number of alkyl halides is 5. The topological polar surface area (TPSA) is 97.2 Å². The zero-order chi connectivity index (χ0) is 23.6. The Labute approximate surface area is 186 Å². The fourth-order valence-electron chi connectivity index (χ4n) is 2.92. The summed E-state index contributed by atoms with van der Waals surface area (Å²) in [6, 6.07) is 5.23. The molecule has 0 saturated heterocycles. The summed E-state index contributed by atoms with van der Waals surface area (Å²) in [5, 5.41) is 13.0. The summed E-state index contributed by atoms with van der Waals surface area (Å²) in [6.07, 6.45) is 1.19. The molecular weight excluding hydrogens is 471 g/mol. The van der Waals surface area contributed by atoms with Crippen LogP contribution in [0.2, 0.25) is 0 Å². The summed E-state index contributed by atoms with van der Waals surface area (Å²) in [5.74, 6) is -2.08. The van der Waals surface area contributed by atoms with Gasteiger partial charge >= 0.3 is 12.8 Å². The lowest BCUT2D eigenvalue weighted by atomic mass is 10.1. The maximum absolute atomic E-state index is 12.9. The van der Waals surface area contributed by atoms with Gasteiger partial charge in [-0.15, -0.1) is 11.8 Å². The second kappa shape index (κ2) is 9.05. The van der Waals surface area contributed by atoms with Gasteiger partial charge in [0.1, 0.15) is 11.3 Å². The largest absolute Gasteiger partial charge is 0.434 e. The quantitative estimate of drug-likeness (QED) is 0.293. The van der Waals surface area contributed by atoms with Crippen LogP contribution in [-0.4, -0.2) is 49.2 Å². The number of nitrogens with one attached hydrogen (secondary N) is 2. The summed E-state index contributed by atoms with van der Waals surface area (Å²) in [4.78, 5) is 17.0. The molecule has 1 amide bonds. The SMILES string of the molecule is O=C(Nc1cn[nH]c1-c1cc(SCC(F)(F)F)ccc1OC(F)F)c1cnn2cccnc12. The van der Waals surface area contributed by atoms with E-state index in [0.717, 1.165) is 6.07 Å². The van der Waals surface area contributed by atoms with Crippen LogP contribution in [0.25, 0.3) is 16.9 Å². The number of fused-ring (bicyclic) bond motifs is 1. The third-order valence-electron chi connectivity index (χ3n) is 4.25. The number of benzene rings is 1. The average Bonchev–Trinajstić information content (AvgIpc) is 3.39. The van der Waals surface area contributed by atoms with Gasteiger partial charge in [0, 0.05) is 22.9 Å². The number of hydrogen-bond acceptors (Lipinski definition) is 6. The van der Waals surface area contributed by atoms with E-state index < -0.39 is 24.4 Å². The van der Waals surface area contributed by atoms with E-state index in [1.54, 1.807) is 12.3 Å². The molecule has 0 fully saturated rings. The van der Waals surface area contributed by atoms with Crippen molar-refractivity contribution < 1.29 is 31.5 Å². The highest BCUT2D eigenvalue weighted by Gasteiger charge is 2.28. The van der Waals surface area contributed by atoms with E-state index in [9.17, 15) is 26.7 Å². The van der Waals surface area contributed by atoms with Gasteiger partial charge in [-0.05, 0) is 24.3 Å².